The Kier molecular flexibility index (Phi) is 21.8. The summed E-state index contributed by atoms with van der Waals surface area (Å²) in [5, 5.41) is 17.8. The highest BCUT2D eigenvalue weighted by atomic mass is 16.5. The van der Waals surface area contributed by atoms with Crippen molar-refractivity contribution in [1.82, 2.24) is 58.8 Å². The van der Waals surface area contributed by atoms with Crippen molar-refractivity contribution in [3.63, 3.8) is 0 Å². The first-order valence-electron chi connectivity index (χ1n) is 39.4. The van der Waals surface area contributed by atoms with Gasteiger partial charge in [-0.2, -0.15) is 0 Å². The molecular formula is C92H94N14O6. The number of imidazole rings is 3. The number of hydrogen-bond acceptors (Lipinski definition) is 12. The molecule has 18 rings (SSSR count). The molecule has 568 valence electrons. The van der Waals surface area contributed by atoms with Crippen LogP contribution in [0.1, 0.15) is 134 Å². The van der Waals surface area contributed by atoms with Crippen LogP contribution in [-0.4, -0.2) is 138 Å². The first-order valence-corrected chi connectivity index (χ1v) is 39.4. The lowest BCUT2D eigenvalue weighted by Gasteiger charge is -2.34. The standard InChI is InChI=1S/C33H34N2.C30H32N6O3.C29H28N6O3/c1-23(2)25-11-13-28(14-12-25)27-9-7-24(8-10-27)21-31-17-18-32(35-20-19-34-33(31)35)30-16-15-26-5-3-4-6-29(26)22-30;1-2-39-18-17-34-13-15-35(16-14-34)30(38)21-3-6-24(7-4-21)33-26-9-10-27(36-12-11-31-28(26)36)22-5-8-25-23(19-22)20-32-29(25)37;1-30-27(36)18-10-13-34(14-11-18)29(38)19-2-5-22(6-3-19)33-24-8-9-25(35-15-12-31-26(24)35)20-4-7-23-21(16-20)17-32-28(23)37/h3-10,15-20,22-23,25,28H,11-14,21H2,1-2H3;3-12,19,33H,2,13-18,20H2,1H3,(H,32,37);2-9,12,15-16,18,33H,10-11,13-14,17H2,1H3,(H,30,36)(H,32,37). The van der Waals surface area contributed by atoms with Crippen LogP contribution in [0, 0.1) is 17.8 Å². The Bertz CT molecular complexity index is 5610. The van der Waals surface area contributed by atoms with E-state index >= 15 is 0 Å². The predicted octanol–water partition coefficient (Wildman–Crippen LogP) is 16.0. The van der Waals surface area contributed by atoms with E-state index in [1.165, 1.54) is 64.4 Å². The van der Waals surface area contributed by atoms with Crippen molar-refractivity contribution in [2.75, 3.05) is 76.7 Å². The number of nitrogens with one attached hydrogen (secondary N) is 5. The van der Waals surface area contributed by atoms with Gasteiger partial charge >= 0.3 is 0 Å². The van der Waals surface area contributed by atoms with E-state index < -0.39 is 0 Å². The fourth-order valence-corrected chi connectivity index (χ4v) is 16.6. The van der Waals surface area contributed by atoms with Gasteiger partial charge in [-0.25, -0.2) is 15.0 Å². The molecule has 0 unspecified atom stereocenters. The van der Waals surface area contributed by atoms with Crippen LogP contribution in [0.3, 0.4) is 0 Å². The number of benzene rings is 7. The van der Waals surface area contributed by atoms with Gasteiger partial charge in [-0.15, -0.1) is 0 Å². The van der Waals surface area contributed by atoms with Gasteiger partial charge in [0.05, 0.1) is 35.1 Å². The fraction of sp³-hybridized carbons (Fsp3) is 0.283. The van der Waals surface area contributed by atoms with Gasteiger partial charge in [-0.05, 0) is 228 Å². The van der Waals surface area contributed by atoms with E-state index in [2.05, 4.69) is 157 Å². The van der Waals surface area contributed by atoms with Crippen LogP contribution in [-0.2, 0) is 29.0 Å². The second-order valence-electron chi connectivity index (χ2n) is 30.2. The zero-order chi connectivity index (χ0) is 76.8. The fourth-order valence-electron chi connectivity index (χ4n) is 16.6. The lowest BCUT2D eigenvalue weighted by molar-refractivity contribution is -0.125. The molecule has 3 fully saturated rings. The number of carbonyl (C=O) groups excluding carboxylic acids is 5. The van der Waals surface area contributed by atoms with Crippen molar-refractivity contribution in [2.24, 2.45) is 17.8 Å². The number of likely N-dealkylation sites (tertiary alicyclic amines) is 1. The zero-order valence-corrected chi connectivity index (χ0v) is 63.9. The number of piperazine rings is 1. The van der Waals surface area contributed by atoms with E-state index in [0.29, 0.717) is 50.1 Å². The summed E-state index contributed by atoms with van der Waals surface area (Å²) in [7, 11) is 1.65. The number of aromatic nitrogens is 6. The number of piperidine rings is 1. The van der Waals surface area contributed by atoms with Gasteiger partial charge in [-0.1, -0.05) is 92.7 Å². The SMILES string of the molecule is CC(C)C1CCC(c2ccc(Cc3ccc(-c4ccc5ccccc5c4)n4ccnc34)cc2)CC1.CCOCCN1CCN(C(=O)c2ccc(Nc3ccc(-c4ccc5c(c4)CNC5=O)n4ccnc34)cc2)CC1.CNC(=O)C1CCN(C(=O)c2ccc(Nc3ccc(-c4ccc5c(c4)CNC5=O)n4ccnc34)cc2)CC1. The molecule has 0 atom stereocenters. The van der Waals surface area contributed by atoms with Crippen LogP contribution in [0.5, 0.6) is 0 Å². The van der Waals surface area contributed by atoms with Crippen LogP contribution in [0.4, 0.5) is 22.7 Å². The number of pyridine rings is 3. The van der Waals surface area contributed by atoms with Crippen molar-refractivity contribution in [3.05, 3.63) is 275 Å². The molecule has 6 aromatic heterocycles. The number of fused-ring (bicyclic) bond motifs is 6. The molecule has 20 nitrogen and oxygen atoms in total. The number of ether oxygens (including phenoxy) is 1. The van der Waals surface area contributed by atoms with Crippen molar-refractivity contribution in [1.29, 1.82) is 0 Å². The van der Waals surface area contributed by atoms with Gasteiger partial charge in [-0.3, -0.25) is 42.1 Å². The van der Waals surface area contributed by atoms with Crippen LogP contribution in [0.15, 0.2) is 225 Å². The third-order valence-corrected chi connectivity index (χ3v) is 23.1. The summed E-state index contributed by atoms with van der Waals surface area (Å²) >= 11 is 0. The Morgan fingerprint density at radius 2 is 1.02 bits per heavy atom. The maximum Gasteiger partial charge on any atom is 0.253 e. The zero-order valence-electron chi connectivity index (χ0n) is 63.9. The second-order valence-corrected chi connectivity index (χ2v) is 30.2. The molecule has 2 saturated heterocycles. The van der Waals surface area contributed by atoms with E-state index in [-0.39, 0.29) is 35.5 Å². The number of carbonyl (C=O) groups is 5. The van der Waals surface area contributed by atoms with E-state index in [1.54, 1.807) is 19.4 Å². The average molecular weight is 1490 g/mol. The van der Waals surface area contributed by atoms with E-state index in [1.807, 2.05) is 141 Å². The Balaban J connectivity index is 0.000000127. The van der Waals surface area contributed by atoms with Gasteiger partial charge in [0, 0.05) is 156 Å². The lowest BCUT2D eigenvalue weighted by atomic mass is 9.75. The van der Waals surface area contributed by atoms with Crippen LogP contribution < -0.4 is 26.6 Å². The molecule has 112 heavy (non-hydrogen) atoms. The lowest BCUT2D eigenvalue weighted by Crippen LogP contribution is -2.49. The number of nitrogens with zero attached hydrogens (tertiary/aromatic N) is 9. The molecule has 20 heteroatoms. The van der Waals surface area contributed by atoms with Crippen molar-refractivity contribution >= 4 is 80.0 Å². The van der Waals surface area contributed by atoms with E-state index in [9.17, 15) is 24.0 Å². The number of amides is 5. The Morgan fingerprint density at radius 3 is 1.55 bits per heavy atom. The normalized spacial score (nSPS) is 16.3. The minimum atomic E-state index is -0.0304. The molecule has 0 spiro atoms. The minimum absolute atomic E-state index is 0.0156. The topological polar surface area (TPSA) is 216 Å². The largest absolute Gasteiger partial charge is 0.380 e. The van der Waals surface area contributed by atoms with E-state index in [4.69, 9.17) is 9.72 Å². The molecule has 5 N–H and O–H groups in total. The summed E-state index contributed by atoms with van der Waals surface area (Å²) in [4.78, 5) is 81.7. The average Bonchev–Trinajstić information content (AvgIpc) is 1.58. The summed E-state index contributed by atoms with van der Waals surface area (Å²) in [6.07, 6.45) is 19.1. The summed E-state index contributed by atoms with van der Waals surface area (Å²) in [5.41, 5.74) is 21.4. The summed E-state index contributed by atoms with van der Waals surface area (Å²) in [5.74, 6) is 2.50. The number of hydrogen-bond donors (Lipinski definition) is 5. The molecule has 0 bridgehead atoms. The molecule has 5 aliphatic rings. The highest BCUT2D eigenvalue weighted by Gasteiger charge is 2.30. The molecule has 5 amide bonds. The Hall–Kier alpha value is -12.3. The van der Waals surface area contributed by atoms with Gasteiger partial charge in [0.1, 0.15) is 5.65 Å². The molecule has 7 aromatic carbocycles. The number of rotatable bonds is 18. The third-order valence-electron chi connectivity index (χ3n) is 23.1. The molecule has 1 saturated carbocycles. The highest BCUT2D eigenvalue weighted by Crippen LogP contribution is 2.40. The maximum absolute atomic E-state index is 13.1. The quantitative estimate of drug-likeness (QED) is 0.0507. The monoisotopic (exact) mass is 1490 g/mol. The van der Waals surface area contributed by atoms with Gasteiger partial charge in [0.25, 0.3) is 23.6 Å². The highest BCUT2D eigenvalue weighted by molar-refractivity contribution is 6.00. The second kappa shape index (κ2) is 33.1. The molecule has 4 aliphatic heterocycles. The van der Waals surface area contributed by atoms with Crippen molar-refractivity contribution in [3.8, 4) is 33.8 Å². The van der Waals surface area contributed by atoms with Crippen LogP contribution in [0.25, 0.3) is 61.5 Å². The maximum atomic E-state index is 13.1. The first kappa shape index (κ1) is 73.9. The molecule has 13 aromatic rings. The van der Waals surface area contributed by atoms with Gasteiger partial charge < -0.3 is 41.1 Å². The number of anilines is 4. The smallest absolute Gasteiger partial charge is 0.253 e. The first-order chi connectivity index (χ1) is 54.8. The Labute approximate surface area is 652 Å². The summed E-state index contributed by atoms with van der Waals surface area (Å²) < 4.78 is 11.8. The van der Waals surface area contributed by atoms with Crippen molar-refractivity contribution in [2.45, 2.75) is 84.7 Å². The van der Waals surface area contributed by atoms with Crippen LogP contribution >= 0.6 is 0 Å². The molecule has 0 radical (unpaired) electrons. The van der Waals surface area contributed by atoms with E-state index in [0.717, 1.165) is 155 Å². The predicted molar refractivity (Wildman–Crippen MR) is 441 cm³/mol. The molecule has 10 heterocycles. The van der Waals surface area contributed by atoms with Crippen molar-refractivity contribution < 1.29 is 28.7 Å². The molecular weight excluding hydrogens is 1400 g/mol. The third kappa shape index (κ3) is 15.9. The van der Waals surface area contributed by atoms with Gasteiger partial charge in [0.2, 0.25) is 5.91 Å². The molecule has 1 aliphatic carbocycles. The Morgan fingerprint density at radius 1 is 0.518 bits per heavy atom. The summed E-state index contributed by atoms with van der Waals surface area (Å²) in [6.45, 7) is 14.6. The van der Waals surface area contributed by atoms with Crippen LogP contribution in [0.2, 0.25) is 0 Å². The summed E-state index contributed by atoms with van der Waals surface area (Å²) in [6, 6.07) is 64.1. The minimum Gasteiger partial charge on any atom is -0.380 e. The van der Waals surface area contributed by atoms with Gasteiger partial charge in [0.15, 0.2) is 11.3 Å².